The Balaban J connectivity index is 2.98. The molecule has 0 saturated carbocycles. The number of ether oxygens (including phenoxy) is 1. The van der Waals surface area contributed by atoms with Gasteiger partial charge in [0.2, 0.25) is 0 Å². The van der Waals surface area contributed by atoms with Gasteiger partial charge in [-0.05, 0) is 24.6 Å². The summed E-state index contributed by atoms with van der Waals surface area (Å²) in [4.78, 5) is 22.0. The molecule has 0 aliphatic heterocycles. The number of carbonyl (C=O) groups is 2. The Morgan fingerprint density at radius 3 is 2.69 bits per heavy atom. The molecular weight excluding hydrogens is 210 g/mol. The lowest BCUT2D eigenvalue weighted by atomic mass is 10.1. The Labute approximate surface area is 92.8 Å². The molecule has 0 fully saturated rings. The van der Waals surface area contributed by atoms with Crippen molar-refractivity contribution in [2.45, 2.75) is 13.3 Å². The molecule has 5 heteroatoms. The number of anilines is 1. The molecule has 0 heterocycles. The molecule has 0 atom stereocenters. The van der Waals surface area contributed by atoms with Gasteiger partial charge in [-0.3, -0.25) is 4.79 Å². The standard InChI is InChI=1S/C11H13NO4/c1-2-16-11(15)8-5-7(6-10(13)14)3-4-9(8)12/h3-5H,2,6,12H2,1H3,(H,13,14). The Bertz CT molecular complexity index is 414. The minimum absolute atomic E-state index is 0.146. The van der Waals surface area contributed by atoms with Gasteiger partial charge in [0, 0.05) is 5.69 Å². The summed E-state index contributed by atoms with van der Waals surface area (Å²) in [5.74, 6) is -1.49. The SMILES string of the molecule is CCOC(=O)c1cc(CC(=O)O)ccc1N. The summed E-state index contributed by atoms with van der Waals surface area (Å²) in [6.45, 7) is 1.94. The van der Waals surface area contributed by atoms with Gasteiger partial charge in [-0.2, -0.15) is 0 Å². The van der Waals surface area contributed by atoms with E-state index in [2.05, 4.69) is 0 Å². The first-order valence-electron chi connectivity index (χ1n) is 4.82. The Morgan fingerprint density at radius 2 is 2.12 bits per heavy atom. The highest BCUT2D eigenvalue weighted by atomic mass is 16.5. The predicted octanol–water partition coefficient (Wildman–Crippen LogP) is 1.07. The zero-order valence-corrected chi connectivity index (χ0v) is 8.90. The molecule has 16 heavy (non-hydrogen) atoms. The maximum Gasteiger partial charge on any atom is 0.340 e. The highest BCUT2D eigenvalue weighted by Crippen LogP contribution is 2.16. The van der Waals surface area contributed by atoms with E-state index in [-0.39, 0.29) is 24.3 Å². The molecule has 1 aromatic rings. The third-order valence-corrected chi connectivity index (χ3v) is 1.97. The molecule has 0 amide bonds. The van der Waals surface area contributed by atoms with Crippen LogP contribution in [0.1, 0.15) is 22.8 Å². The Kier molecular flexibility index (Phi) is 3.88. The molecular formula is C11H13NO4. The van der Waals surface area contributed by atoms with Crippen molar-refractivity contribution in [2.24, 2.45) is 0 Å². The average molecular weight is 223 g/mol. The van der Waals surface area contributed by atoms with Crippen molar-refractivity contribution in [3.63, 3.8) is 0 Å². The molecule has 1 rings (SSSR count). The van der Waals surface area contributed by atoms with Crippen LogP contribution in [-0.4, -0.2) is 23.7 Å². The predicted molar refractivity (Wildman–Crippen MR) is 58.2 cm³/mol. The first kappa shape index (κ1) is 12.0. The third-order valence-electron chi connectivity index (χ3n) is 1.97. The molecule has 5 nitrogen and oxygen atoms in total. The van der Waals surface area contributed by atoms with Gasteiger partial charge >= 0.3 is 11.9 Å². The number of carbonyl (C=O) groups excluding carboxylic acids is 1. The van der Waals surface area contributed by atoms with Crippen molar-refractivity contribution < 1.29 is 19.4 Å². The molecule has 0 bridgehead atoms. The topological polar surface area (TPSA) is 89.6 Å². The van der Waals surface area contributed by atoms with Crippen LogP contribution in [0.25, 0.3) is 0 Å². The smallest absolute Gasteiger partial charge is 0.340 e. The summed E-state index contributed by atoms with van der Waals surface area (Å²) in [6.07, 6.45) is -0.146. The van der Waals surface area contributed by atoms with Gasteiger partial charge in [0.15, 0.2) is 0 Å². The number of rotatable bonds is 4. The number of aliphatic carboxylic acids is 1. The fourth-order valence-corrected chi connectivity index (χ4v) is 1.27. The zero-order valence-electron chi connectivity index (χ0n) is 8.90. The molecule has 0 aliphatic rings. The van der Waals surface area contributed by atoms with Gasteiger partial charge in [0.25, 0.3) is 0 Å². The fourth-order valence-electron chi connectivity index (χ4n) is 1.27. The number of carboxylic acids is 1. The molecule has 0 saturated heterocycles. The molecule has 0 aliphatic carbocycles. The van der Waals surface area contributed by atoms with Crippen LogP contribution >= 0.6 is 0 Å². The summed E-state index contributed by atoms with van der Waals surface area (Å²) in [6, 6.07) is 4.53. The van der Waals surface area contributed by atoms with Crippen molar-refractivity contribution in [3.8, 4) is 0 Å². The van der Waals surface area contributed by atoms with E-state index in [0.717, 1.165) is 0 Å². The number of esters is 1. The molecule has 3 N–H and O–H groups in total. The normalized spacial score (nSPS) is 9.81. The minimum Gasteiger partial charge on any atom is -0.481 e. The number of carboxylic acid groups (broad SMARTS) is 1. The van der Waals surface area contributed by atoms with Crippen molar-refractivity contribution in [2.75, 3.05) is 12.3 Å². The van der Waals surface area contributed by atoms with Gasteiger partial charge in [-0.1, -0.05) is 6.07 Å². The number of nitrogen functional groups attached to an aromatic ring is 1. The number of benzene rings is 1. The van der Waals surface area contributed by atoms with Crippen LogP contribution < -0.4 is 5.73 Å². The zero-order chi connectivity index (χ0) is 12.1. The number of nitrogens with two attached hydrogens (primary N) is 1. The molecule has 86 valence electrons. The summed E-state index contributed by atoms with van der Waals surface area (Å²) >= 11 is 0. The maximum atomic E-state index is 11.5. The summed E-state index contributed by atoms with van der Waals surface area (Å²) in [5, 5.41) is 8.62. The van der Waals surface area contributed by atoms with E-state index in [0.29, 0.717) is 5.56 Å². The van der Waals surface area contributed by atoms with Crippen LogP contribution in [0, 0.1) is 0 Å². The van der Waals surface area contributed by atoms with E-state index in [1.54, 1.807) is 13.0 Å². The molecule has 0 aromatic heterocycles. The first-order chi connectivity index (χ1) is 7.54. The quantitative estimate of drug-likeness (QED) is 0.588. The van der Waals surface area contributed by atoms with Crippen LogP contribution in [0.2, 0.25) is 0 Å². The van der Waals surface area contributed by atoms with E-state index in [9.17, 15) is 9.59 Å². The lowest BCUT2D eigenvalue weighted by molar-refractivity contribution is -0.136. The summed E-state index contributed by atoms with van der Waals surface area (Å²) in [7, 11) is 0. The van der Waals surface area contributed by atoms with Crippen LogP contribution in [0.4, 0.5) is 5.69 Å². The largest absolute Gasteiger partial charge is 0.481 e. The monoisotopic (exact) mass is 223 g/mol. The highest BCUT2D eigenvalue weighted by molar-refractivity contribution is 5.95. The highest BCUT2D eigenvalue weighted by Gasteiger charge is 2.12. The van der Waals surface area contributed by atoms with E-state index in [1.807, 2.05) is 0 Å². The Hall–Kier alpha value is -2.04. The molecule has 0 spiro atoms. The average Bonchev–Trinajstić information content (AvgIpc) is 2.20. The molecule has 1 aromatic carbocycles. The minimum atomic E-state index is -0.959. The first-order valence-corrected chi connectivity index (χ1v) is 4.82. The number of hydrogen-bond acceptors (Lipinski definition) is 4. The van der Waals surface area contributed by atoms with Crippen molar-refractivity contribution in [1.82, 2.24) is 0 Å². The van der Waals surface area contributed by atoms with Crippen molar-refractivity contribution in [3.05, 3.63) is 29.3 Å². The molecule has 0 unspecified atom stereocenters. The van der Waals surface area contributed by atoms with E-state index < -0.39 is 11.9 Å². The lowest BCUT2D eigenvalue weighted by Crippen LogP contribution is -2.09. The van der Waals surface area contributed by atoms with Crippen LogP contribution in [-0.2, 0) is 16.0 Å². The van der Waals surface area contributed by atoms with Gasteiger partial charge in [-0.25, -0.2) is 4.79 Å². The molecule has 0 radical (unpaired) electrons. The van der Waals surface area contributed by atoms with Crippen LogP contribution in [0.5, 0.6) is 0 Å². The number of hydrogen-bond donors (Lipinski definition) is 2. The van der Waals surface area contributed by atoms with E-state index in [4.69, 9.17) is 15.6 Å². The summed E-state index contributed by atoms with van der Waals surface area (Å²) < 4.78 is 4.80. The maximum absolute atomic E-state index is 11.5. The third kappa shape index (κ3) is 2.98. The lowest BCUT2D eigenvalue weighted by Gasteiger charge is -2.06. The van der Waals surface area contributed by atoms with Gasteiger partial charge in [0.1, 0.15) is 0 Å². The van der Waals surface area contributed by atoms with Gasteiger partial charge < -0.3 is 15.6 Å². The second kappa shape index (κ2) is 5.16. The van der Waals surface area contributed by atoms with Gasteiger partial charge in [-0.15, -0.1) is 0 Å². The van der Waals surface area contributed by atoms with Crippen LogP contribution in [0.15, 0.2) is 18.2 Å². The van der Waals surface area contributed by atoms with E-state index in [1.165, 1.54) is 12.1 Å². The van der Waals surface area contributed by atoms with Crippen molar-refractivity contribution >= 4 is 17.6 Å². The fraction of sp³-hybridized carbons (Fsp3) is 0.273. The second-order valence-corrected chi connectivity index (χ2v) is 3.21. The van der Waals surface area contributed by atoms with E-state index >= 15 is 0 Å². The second-order valence-electron chi connectivity index (χ2n) is 3.21. The van der Waals surface area contributed by atoms with Gasteiger partial charge in [0.05, 0.1) is 18.6 Å². The van der Waals surface area contributed by atoms with Crippen molar-refractivity contribution in [1.29, 1.82) is 0 Å². The summed E-state index contributed by atoms with van der Waals surface area (Å²) in [5.41, 5.74) is 6.62. The van der Waals surface area contributed by atoms with Crippen LogP contribution in [0.3, 0.4) is 0 Å². The Morgan fingerprint density at radius 1 is 1.44 bits per heavy atom.